The molecule has 3 nitrogen and oxygen atoms in total. The maximum Gasteiger partial charge on any atom is 0.307 e. The molecular weight excluding hydrogens is 166 g/mol. The van der Waals surface area contributed by atoms with Gasteiger partial charge in [-0.1, -0.05) is 19.8 Å². The fraction of sp³-hybridized carbons (Fsp3) is 0.900. The van der Waals surface area contributed by atoms with Crippen LogP contribution in [-0.4, -0.2) is 24.2 Å². The van der Waals surface area contributed by atoms with Gasteiger partial charge in [-0.15, -0.1) is 0 Å². The molecule has 76 valence electrons. The van der Waals surface area contributed by atoms with Gasteiger partial charge < -0.3 is 10.4 Å². The molecule has 13 heavy (non-hydrogen) atoms. The summed E-state index contributed by atoms with van der Waals surface area (Å²) in [6, 6.07) is 0. The summed E-state index contributed by atoms with van der Waals surface area (Å²) in [5.41, 5.74) is 0. The van der Waals surface area contributed by atoms with Crippen molar-refractivity contribution in [3.05, 3.63) is 0 Å². The molecule has 0 aromatic carbocycles. The van der Waals surface area contributed by atoms with E-state index in [-0.39, 0.29) is 5.92 Å². The summed E-state index contributed by atoms with van der Waals surface area (Å²) in [6.45, 7) is 3.30. The second-order valence-corrected chi connectivity index (χ2v) is 4.03. The van der Waals surface area contributed by atoms with E-state index < -0.39 is 5.97 Å². The summed E-state index contributed by atoms with van der Waals surface area (Å²) in [5, 5.41) is 11.8. The van der Waals surface area contributed by atoms with Gasteiger partial charge in [-0.3, -0.25) is 4.79 Å². The van der Waals surface area contributed by atoms with Gasteiger partial charge in [0, 0.05) is 6.54 Å². The smallest absolute Gasteiger partial charge is 0.307 e. The van der Waals surface area contributed by atoms with Crippen molar-refractivity contribution >= 4 is 5.97 Å². The Morgan fingerprint density at radius 3 is 2.85 bits per heavy atom. The van der Waals surface area contributed by atoms with Crippen LogP contribution < -0.4 is 5.32 Å². The van der Waals surface area contributed by atoms with Crippen LogP contribution in [0.2, 0.25) is 0 Å². The van der Waals surface area contributed by atoms with Gasteiger partial charge >= 0.3 is 5.97 Å². The van der Waals surface area contributed by atoms with E-state index in [9.17, 15) is 4.79 Å². The fourth-order valence-electron chi connectivity index (χ4n) is 1.33. The summed E-state index contributed by atoms with van der Waals surface area (Å²) < 4.78 is 0. The number of carboxylic acids is 1. The van der Waals surface area contributed by atoms with Crippen molar-refractivity contribution in [3.63, 3.8) is 0 Å². The van der Waals surface area contributed by atoms with Crippen molar-refractivity contribution in [3.8, 4) is 0 Å². The van der Waals surface area contributed by atoms with Crippen LogP contribution in [0, 0.1) is 11.8 Å². The van der Waals surface area contributed by atoms with E-state index in [4.69, 9.17) is 5.11 Å². The molecular formula is C10H19NO2. The highest BCUT2D eigenvalue weighted by Gasteiger charge is 2.19. The largest absolute Gasteiger partial charge is 0.481 e. The molecule has 1 saturated carbocycles. The first-order chi connectivity index (χ1) is 6.20. The molecule has 0 amide bonds. The molecule has 0 aromatic heterocycles. The molecule has 0 bridgehead atoms. The number of hydrogen-bond acceptors (Lipinski definition) is 2. The van der Waals surface area contributed by atoms with Crippen molar-refractivity contribution in [1.82, 2.24) is 5.32 Å². The van der Waals surface area contributed by atoms with Gasteiger partial charge in [0.2, 0.25) is 0 Å². The normalized spacial score (nSPS) is 18.5. The second-order valence-electron chi connectivity index (χ2n) is 4.03. The SMILES string of the molecule is CC(CNCCCC1CC1)C(=O)O. The van der Waals surface area contributed by atoms with Crippen LogP contribution in [0.4, 0.5) is 0 Å². The molecule has 1 atom stereocenters. The topological polar surface area (TPSA) is 49.3 Å². The molecule has 1 fully saturated rings. The van der Waals surface area contributed by atoms with E-state index in [1.165, 1.54) is 25.7 Å². The van der Waals surface area contributed by atoms with Crippen LogP contribution in [0.15, 0.2) is 0 Å². The molecule has 3 heteroatoms. The minimum absolute atomic E-state index is 0.263. The van der Waals surface area contributed by atoms with E-state index in [1.807, 2.05) is 0 Å². The maximum atomic E-state index is 10.4. The summed E-state index contributed by atoms with van der Waals surface area (Å²) in [5.74, 6) is 0.00863. The molecule has 0 radical (unpaired) electrons. The summed E-state index contributed by atoms with van der Waals surface area (Å²) in [6.07, 6.45) is 5.32. The fourth-order valence-corrected chi connectivity index (χ4v) is 1.33. The molecule has 0 heterocycles. The molecule has 1 aliphatic rings. The third kappa shape index (κ3) is 4.88. The third-order valence-corrected chi connectivity index (χ3v) is 2.53. The summed E-state index contributed by atoms with van der Waals surface area (Å²) >= 11 is 0. The Bertz CT molecular complexity index is 166. The quantitative estimate of drug-likeness (QED) is 0.591. The molecule has 0 aliphatic heterocycles. The summed E-state index contributed by atoms with van der Waals surface area (Å²) in [4.78, 5) is 10.4. The van der Waals surface area contributed by atoms with E-state index in [0.717, 1.165) is 12.5 Å². The predicted molar refractivity (Wildman–Crippen MR) is 51.6 cm³/mol. The molecule has 1 aliphatic carbocycles. The lowest BCUT2D eigenvalue weighted by atomic mass is 10.2. The number of nitrogens with one attached hydrogen (secondary N) is 1. The van der Waals surface area contributed by atoms with E-state index in [2.05, 4.69) is 5.32 Å². The highest BCUT2D eigenvalue weighted by atomic mass is 16.4. The Hall–Kier alpha value is -0.570. The van der Waals surface area contributed by atoms with Crippen LogP contribution in [0.25, 0.3) is 0 Å². The molecule has 1 rings (SSSR count). The Labute approximate surface area is 79.5 Å². The molecule has 1 unspecified atom stereocenters. The summed E-state index contributed by atoms with van der Waals surface area (Å²) in [7, 11) is 0. The van der Waals surface area contributed by atoms with Crippen LogP contribution in [0.3, 0.4) is 0 Å². The van der Waals surface area contributed by atoms with Gasteiger partial charge in [0.05, 0.1) is 5.92 Å². The number of rotatable bonds is 7. The average molecular weight is 185 g/mol. The third-order valence-electron chi connectivity index (χ3n) is 2.53. The lowest BCUT2D eigenvalue weighted by molar-refractivity contribution is -0.140. The molecule has 2 N–H and O–H groups in total. The van der Waals surface area contributed by atoms with E-state index >= 15 is 0 Å². The Morgan fingerprint density at radius 2 is 2.31 bits per heavy atom. The first kappa shape index (κ1) is 10.5. The second kappa shape index (κ2) is 5.22. The Balaban J connectivity index is 1.84. The first-order valence-corrected chi connectivity index (χ1v) is 5.13. The zero-order valence-electron chi connectivity index (χ0n) is 8.25. The van der Waals surface area contributed by atoms with Gasteiger partial charge in [0.15, 0.2) is 0 Å². The minimum Gasteiger partial charge on any atom is -0.481 e. The van der Waals surface area contributed by atoms with Crippen LogP contribution in [0.1, 0.15) is 32.6 Å². The zero-order chi connectivity index (χ0) is 9.68. The zero-order valence-corrected chi connectivity index (χ0v) is 8.25. The minimum atomic E-state index is -0.713. The highest BCUT2D eigenvalue weighted by molar-refractivity contribution is 5.69. The van der Waals surface area contributed by atoms with Crippen LogP contribution in [-0.2, 0) is 4.79 Å². The van der Waals surface area contributed by atoms with Crippen molar-refractivity contribution < 1.29 is 9.90 Å². The number of carboxylic acid groups (broad SMARTS) is 1. The Morgan fingerprint density at radius 1 is 1.62 bits per heavy atom. The van der Waals surface area contributed by atoms with Crippen molar-refractivity contribution in [1.29, 1.82) is 0 Å². The van der Waals surface area contributed by atoms with Crippen molar-refractivity contribution in [2.24, 2.45) is 11.8 Å². The predicted octanol–water partition coefficient (Wildman–Crippen LogP) is 1.49. The first-order valence-electron chi connectivity index (χ1n) is 5.13. The maximum absolute atomic E-state index is 10.4. The highest BCUT2D eigenvalue weighted by Crippen LogP contribution is 2.33. The van der Waals surface area contributed by atoms with Gasteiger partial charge in [0.25, 0.3) is 0 Å². The number of carbonyl (C=O) groups is 1. The molecule has 0 saturated heterocycles. The molecule has 0 spiro atoms. The lowest BCUT2D eigenvalue weighted by Crippen LogP contribution is -2.27. The van der Waals surface area contributed by atoms with Crippen LogP contribution in [0.5, 0.6) is 0 Å². The average Bonchev–Trinajstić information content (AvgIpc) is 2.87. The van der Waals surface area contributed by atoms with Crippen molar-refractivity contribution in [2.75, 3.05) is 13.1 Å². The van der Waals surface area contributed by atoms with Gasteiger partial charge in [-0.25, -0.2) is 0 Å². The van der Waals surface area contributed by atoms with E-state index in [0.29, 0.717) is 6.54 Å². The van der Waals surface area contributed by atoms with Gasteiger partial charge in [-0.05, 0) is 25.3 Å². The van der Waals surface area contributed by atoms with Gasteiger partial charge in [-0.2, -0.15) is 0 Å². The Kier molecular flexibility index (Phi) is 4.22. The van der Waals surface area contributed by atoms with Gasteiger partial charge in [0.1, 0.15) is 0 Å². The number of hydrogen-bond donors (Lipinski definition) is 2. The lowest BCUT2D eigenvalue weighted by Gasteiger charge is -2.07. The monoisotopic (exact) mass is 185 g/mol. The molecule has 0 aromatic rings. The van der Waals surface area contributed by atoms with Crippen LogP contribution >= 0.6 is 0 Å². The van der Waals surface area contributed by atoms with Crippen molar-refractivity contribution in [2.45, 2.75) is 32.6 Å². The number of aliphatic carboxylic acids is 1. The van der Waals surface area contributed by atoms with E-state index in [1.54, 1.807) is 6.92 Å². The standard InChI is InChI=1S/C10H19NO2/c1-8(10(12)13)7-11-6-2-3-9-4-5-9/h8-9,11H,2-7H2,1H3,(H,12,13).